The molecule has 0 fully saturated rings. The van der Waals surface area contributed by atoms with E-state index in [4.69, 9.17) is 11.6 Å². The van der Waals surface area contributed by atoms with Crippen LogP contribution in [0.4, 0.5) is 0 Å². The van der Waals surface area contributed by atoms with E-state index in [1.54, 1.807) is 11.8 Å². The summed E-state index contributed by atoms with van der Waals surface area (Å²) in [5.74, 6) is 1.54. The van der Waals surface area contributed by atoms with Gasteiger partial charge in [-0.05, 0) is 11.6 Å². The second-order valence-corrected chi connectivity index (χ2v) is 5.56. The summed E-state index contributed by atoms with van der Waals surface area (Å²) in [5, 5.41) is 8.68. The molecule has 0 bridgehead atoms. The molecule has 0 atom stereocenters. The molecule has 20 heavy (non-hydrogen) atoms. The van der Waals surface area contributed by atoms with E-state index in [0.29, 0.717) is 0 Å². The quantitative estimate of drug-likeness (QED) is 0.725. The van der Waals surface area contributed by atoms with Gasteiger partial charge < -0.3 is 0 Å². The van der Waals surface area contributed by atoms with Crippen molar-refractivity contribution in [3.8, 4) is 11.4 Å². The van der Waals surface area contributed by atoms with Crippen molar-refractivity contribution in [2.75, 3.05) is 0 Å². The number of rotatable bonds is 4. The van der Waals surface area contributed by atoms with E-state index in [2.05, 4.69) is 15.2 Å². The molecule has 0 aliphatic rings. The van der Waals surface area contributed by atoms with E-state index in [0.717, 1.165) is 32.9 Å². The van der Waals surface area contributed by atoms with Gasteiger partial charge in [-0.1, -0.05) is 71.9 Å². The zero-order valence-electron chi connectivity index (χ0n) is 10.6. The van der Waals surface area contributed by atoms with Crippen molar-refractivity contribution in [2.45, 2.75) is 10.9 Å². The number of halogens is 1. The third kappa shape index (κ3) is 3.03. The van der Waals surface area contributed by atoms with E-state index >= 15 is 0 Å². The van der Waals surface area contributed by atoms with Crippen molar-refractivity contribution in [3.05, 3.63) is 65.2 Å². The summed E-state index contributed by atoms with van der Waals surface area (Å²) in [6, 6.07) is 17.8. The number of H-pyrrole nitrogens is 1. The van der Waals surface area contributed by atoms with Gasteiger partial charge in [-0.25, -0.2) is 4.98 Å². The molecule has 1 N–H and O–H groups in total. The molecule has 0 aliphatic heterocycles. The summed E-state index contributed by atoms with van der Waals surface area (Å²) < 4.78 is 0. The van der Waals surface area contributed by atoms with Gasteiger partial charge in [-0.2, -0.15) is 0 Å². The molecule has 100 valence electrons. The zero-order valence-corrected chi connectivity index (χ0v) is 12.2. The van der Waals surface area contributed by atoms with Crippen LogP contribution in [-0.2, 0) is 5.75 Å². The fraction of sp³-hybridized carbons (Fsp3) is 0.0667. The maximum atomic E-state index is 6.13. The van der Waals surface area contributed by atoms with Gasteiger partial charge in [0.05, 0.1) is 0 Å². The number of aromatic nitrogens is 3. The lowest BCUT2D eigenvalue weighted by atomic mass is 10.2. The van der Waals surface area contributed by atoms with E-state index < -0.39 is 0 Å². The molecule has 0 radical (unpaired) electrons. The lowest BCUT2D eigenvalue weighted by Gasteiger charge is -2.00. The molecule has 3 rings (SSSR count). The Bertz CT molecular complexity index is 697. The van der Waals surface area contributed by atoms with Crippen LogP contribution in [0.2, 0.25) is 5.02 Å². The van der Waals surface area contributed by atoms with E-state index in [1.165, 1.54) is 0 Å². The van der Waals surface area contributed by atoms with Gasteiger partial charge in [-0.3, -0.25) is 5.10 Å². The van der Waals surface area contributed by atoms with Crippen LogP contribution >= 0.6 is 23.4 Å². The molecular formula is C15H12ClN3S. The molecule has 0 unspecified atom stereocenters. The van der Waals surface area contributed by atoms with Gasteiger partial charge in [0.15, 0.2) is 5.82 Å². The second kappa shape index (κ2) is 6.11. The third-order valence-corrected chi connectivity index (χ3v) is 4.09. The Morgan fingerprint density at radius 3 is 2.55 bits per heavy atom. The molecule has 5 heteroatoms. The van der Waals surface area contributed by atoms with Crippen LogP contribution in [0.3, 0.4) is 0 Å². The molecule has 0 saturated carbocycles. The predicted molar refractivity (Wildman–Crippen MR) is 82.8 cm³/mol. The van der Waals surface area contributed by atoms with Crippen LogP contribution < -0.4 is 0 Å². The molecule has 1 heterocycles. The Hall–Kier alpha value is -1.78. The molecule has 3 aromatic rings. The fourth-order valence-corrected chi connectivity index (χ4v) is 2.88. The van der Waals surface area contributed by atoms with E-state index in [9.17, 15) is 0 Å². The van der Waals surface area contributed by atoms with Gasteiger partial charge in [0.2, 0.25) is 5.16 Å². The Kier molecular flexibility index (Phi) is 4.04. The molecule has 0 amide bonds. The SMILES string of the molecule is Clc1ccccc1CSc1n[nH]c(-c2ccccc2)n1. The number of hydrogen-bond donors (Lipinski definition) is 1. The van der Waals surface area contributed by atoms with Crippen molar-refractivity contribution in [2.24, 2.45) is 0 Å². The van der Waals surface area contributed by atoms with Crippen LogP contribution in [-0.4, -0.2) is 15.2 Å². The molecule has 1 aromatic heterocycles. The van der Waals surface area contributed by atoms with Crippen molar-refractivity contribution in [1.82, 2.24) is 15.2 Å². The minimum Gasteiger partial charge on any atom is -0.258 e. The lowest BCUT2D eigenvalue weighted by Crippen LogP contribution is -1.83. The number of nitrogens with zero attached hydrogens (tertiary/aromatic N) is 2. The largest absolute Gasteiger partial charge is 0.258 e. The number of hydrogen-bond acceptors (Lipinski definition) is 3. The van der Waals surface area contributed by atoms with Gasteiger partial charge in [0, 0.05) is 16.3 Å². The maximum absolute atomic E-state index is 6.13. The van der Waals surface area contributed by atoms with Gasteiger partial charge in [-0.15, -0.1) is 5.10 Å². The Balaban J connectivity index is 1.71. The van der Waals surface area contributed by atoms with E-state index in [-0.39, 0.29) is 0 Å². The molecule has 2 aromatic carbocycles. The Morgan fingerprint density at radius 2 is 1.75 bits per heavy atom. The van der Waals surface area contributed by atoms with Crippen molar-refractivity contribution >= 4 is 23.4 Å². The van der Waals surface area contributed by atoms with Crippen LogP contribution in [0.5, 0.6) is 0 Å². The summed E-state index contributed by atoms with van der Waals surface area (Å²) in [5.41, 5.74) is 2.12. The summed E-state index contributed by atoms with van der Waals surface area (Å²) in [6.45, 7) is 0. The highest BCUT2D eigenvalue weighted by atomic mass is 35.5. The molecule has 0 spiro atoms. The second-order valence-electron chi connectivity index (χ2n) is 4.21. The van der Waals surface area contributed by atoms with Crippen molar-refractivity contribution in [3.63, 3.8) is 0 Å². The fourth-order valence-electron chi connectivity index (χ4n) is 1.79. The number of aromatic amines is 1. The summed E-state index contributed by atoms with van der Waals surface area (Å²) in [6.07, 6.45) is 0. The molecule has 0 aliphatic carbocycles. The molecular weight excluding hydrogens is 290 g/mol. The van der Waals surface area contributed by atoms with Gasteiger partial charge in [0.1, 0.15) is 0 Å². The highest BCUT2D eigenvalue weighted by Gasteiger charge is 2.07. The first-order valence-electron chi connectivity index (χ1n) is 6.17. The smallest absolute Gasteiger partial charge is 0.209 e. The first-order chi connectivity index (χ1) is 9.83. The average molecular weight is 302 g/mol. The van der Waals surface area contributed by atoms with Crippen LogP contribution in [0.1, 0.15) is 5.56 Å². The van der Waals surface area contributed by atoms with Crippen molar-refractivity contribution in [1.29, 1.82) is 0 Å². The zero-order chi connectivity index (χ0) is 13.8. The standard InChI is InChI=1S/C15H12ClN3S/c16-13-9-5-4-8-12(13)10-20-15-17-14(18-19-15)11-6-2-1-3-7-11/h1-9H,10H2,(H,17,18,19). The number of benzene rings is 2. The minimum absolute atomic E-state index is 0.726. The highest BCUT2D eigenvalue weighted by molar-refractivity contribution is 7.98. The van der Waals surface area contributed by atoms with Crippen LogP contribution in [0, 0.1) is 0 Å². The normalized spacial score (nSPS) is 10.7. The first kappa shape index (κ1) is 13.2. The number of thioether (sulfide) groups is 1. The highest BCUT2D eigenvalue weighted by Crippen LogP contribution is 2.25. The molecule has 3 nitrogen and oxygen atoms in total. The summed E-state index contributed by atoms with van der Waals surface area (Å²) in [4.78, 5) is 4.48. The van der Waals surface area contributed by atoms with E-state index in [1.807, 2.05) is 54.6 Å². The van der Waals surface area contributed by atoms with Crippen LogP contribution in [0.25, 0.3) is 11.4 Å². The number of nitrogens with one attached hydrogen (secondary N) is 1. The summed E-state index contributed by atoms with van der Waals surface area (Å²) >= 11 is 7.69. The topological polar surface area (TPSA) is 41.6 Å². The van der Waals surface area contributed by atoms with Crippen molar-refractivity contribution < 1.29 is 0 Å². The summed E-state index contributed by atoms with van der Waals surface area (Å²) in [7, 11) is 0. The van der Waals surface area contributed by atoms with Gasteiger partial charge in [0.25, 0.3) is 0 Å². The first-order valence-corrected chi connectivity index (χ1v) is 7.53. The minimum atomic E-state index is 0.726. The predicted octanol–water partition coefficient (Wildman–Crippen LogP) is 4.42. The average Bonchev–Trinajstić information content (AvgIpc) is 2.96. The van der Waals surface area contributed by atoms with Crippen LogP contribution in [0.15, 0.2) is 59.8 Å². The lowest BCUT2D eigenvalue weighted by molar-refractivity contribution is 0.973. The van der Waals surface area contributed by atoms with Gasteiger partial charge >= 0.3 is 0 Å². The maximum Gasteiger partial charge on any atom is 0.209 e. The third-order valence-electron chi connectivity index (χ3n) is 2.83. The monoisotopic (exact) mass is 301 g/mol. The molecule has 0 saturated heterocycles. The Morgan fingerprint density at radius 1 is 1.00 bits per heavy atom. The Labute approximate surface area is 126 Å².